The van der Waals surface area contributed by atoms with Crippen molar-refractivity contribution >= 4 is 5.97 Å². The molecular formula is C14H19NO3. The van der Waals surface area contributed by atoms with Crippen molar-refractivity contribution in [3.63, 3.8) is 0 Å². The van der Waals surface area contributed by atoms with Gasteiger partial charge in [-0.25, -0.2) is 0 Å². The maximum Gasteiger partial charge on any atom is 0.309 e. The number of aliphatic hydroxyl groups is 1. The van der Waals surface area contributed by atoms with Crippen LogP contribution in [0.1, 0.15) is 17.5 Å². The number of hydrogen-bond acceptors (Lipinski definition) is 4. The zero-order chi connectivity index (χ0) is 13.0. The number of esters is 1. The molecule has 2 rings (SSSR count). The molecule has 0 unspecified atom stereocenters. The van der Waals surface area contributed by atoms with Crippen LogP contribution in [0.15, 0.2) is 24.3 Å². The predicted octanol–water partition coefficient (Wildman–Crippen LogP) is 0.969. The summed E-state index contributed by atoms with van der Waals surface area (Å²) in [4.78, 5) is 13.6. The fourth-order valence-electron chi connectivity index (χ4n) is 2.31. The lowest BCUT2D eigenvalue weighted by molar-refractivity contribution is -0.139. The van der Waals surface area contributed by atoms with Gasteiger partial charge in [0.15, 0.2) is 0 Å². The topological polar surface area (TPSA) is 49.8 Å². The Morgan fingerprint density at radius 1 is 1.44 bits per heavy atom. The smallest absolute Gasteiger partial charge is 0.309 e. The van der Waals surface area contributed by atoms with E-state index in [2.05, 4.69) is 4.90 Å². The summed E-state index contributed by atoms with van der Waals surface area (Å²) in [5, 5.41) is 9.51. The molecule has 0 saturated carbocycles. The van der Waals surface area contributed by atoms with E-state index < -0.39 is 0 Å². The lowest BCUT2D eigenvalue weighted by Gasteiger charge is -2.17. The SMILES string of the molecule is COC(=O)Cc1ccccc1CN1CC[C@@H](O)C1. The van der Waals surface area contributed by atoms with Crippen LogP contribution in [0.2, 0.25) is 0 Å². The highest BCUT2D eigenvalue weighted by atomic mass is 16.5. The summed E-state index contributed by atoms with van der Waals surface area (Å²) in [5.74, 6) is -0.219. The minimum absolute atomic E-state index is 0.210. The molecule has 0 aromatic heterocycles. The average molecular weight is 249 g/mol. The predicted molar refractivity (Wildman–Crippen MR) is 68.1 cm³/mol. The second-order valence-corrected chi connectivity index (χ2v) is 4.70. The number of benzene rings is 1. The third-order valence-electron chi connectivity index (χ3n) is 3.32. The molecule has 98 valence electrons. The van der Waals surface area contributed by atoms with Crippen molar-refractivity contribution in [3.05, 3.63) is 35.4 Å². The van der Waals surface area contributed by atoms with Gasteiger partial charge in [0, 0.05) is 19.6 Å². The van der Waals surface area contributed by atoms with Crippen LogP contribution in [-0.2, 0) is 22.5 Å². The molecule has 1 N–H and O–H groups in total. The van der Waals surface area contributed by atoms with Gasteiger partial charge in [0.1, 0.15) is 0 Å². The highest BCUT2D eigenvalue weighted by Crippen LogP contribution is 2.17. The van der Waals surface area contributed by atoms with Crippen molar-refractivity contribution in [1.29, 1.82) is 0 Å². The van der Waals surface area contributed by atoms with Crippen LogP contribution in [0.4, 0.5) is 0 Å². The molecule has 1 aromatic rings. The van der Waals surface area contributed by atoms with E-state index in [0.717, 1.165) is 30.6 Å². The van der Waals surface area contributed by atoms with Crippen LogP contribution in [0.25, 0.3) is 0 Å². The summed E-state index contributed by atoms with van der Waals surface area (Å²) in [5.41, 5.74) is 2.14. The van der Waals surface area contributed by atoms with Crippen molar-refractivity contribution in [2.24, 2.45) is 0 Å². The second kappa shape index (κ2) is 5.98. The number of carbonyl (C=O) groups is 1. The zero-order valence-electron chi connectivity index (χ0n) is 10.6. The summed E-state index contributed by atoms with van der Waals surface area (Å²) in [6, 6.07) is 7.89. The van der Waals surface area contributed by atoms with Gasteiger partial charge in [-0.15, -0.1) is 0 Å². The molecule has 1 aromatic carbocycles. The molecule has 0 radical (unpaired) electrons. The van der Waals surface area contributed by atoms with Crippen LogP contribution in [0.3, 0.4) is 0 Å². The van der Waals surface area contributed by atoms with E-state index in [4.69, 9.17) is 4.74 Å². The van der Waals surface area contributed by atoms with E-state index in [9.17, 15) is 9.90 Å². The monoisotopic (exact) mass is 249 g/mol. The van der Waals surface area contributed by atoms with Gasteiger partial charge in [0.2, 0.25) is 0 Å². The summed E-state index contributed by atoms with van der Waals surface area (Å²) in [6.45, 7) is 2.41. The number of likely N-dealkylation sites (tertiary alicyclic amines) is 1. The molecule has 4 nitrogen and oxygen atoms in total. The molecule has 1 heterocycles. The number of β-amino-alcohol motifs (C(OH)–C–C–N with tert-alkyl or cyclic N) is 1. The molecule has 0 spiro atoms. The van der Waals surface area contributed by atoms with Crippen LogP contribution >= 0.6 is 0 Å². The van der Waals surface area contributed by atoms with Gasteiger partial charge in [0.25, 0.3) is 0 Å². The molecule has 1 saturated heterocycles. The largest absolute Gasteiger partial charge is 0.469 e. The highest BCUT2D eigenvalue weighted by molar-refractivity contribution is 5.72. The van der Waals surface area contributed by atoms with Gasteiger partial charge in [-0.2, -0.15) is 0 Å². The summed E-state index contributed by atoms with van der Waals surface area (Å²) >= 11 is 0. The minimum atomic E-state index is -0.219. The Bertz CT molecular complexity index is 419. The zero-order valence-corrected chi connectivity index (χ0v) is 10.6. The summed E-state index contributed by atoms with van der Waals surface area (Å²) in [7, 11) is 1.40. The lowest BCUT2D eigenvalue weighted by Crippen LogP contribution is -2.22. The first kappa shape index (κ1) is 13.1. The highest BCUT2D eigenvalue weighted by Gasteiger charge is 2.21. The first-order chi connectivity index (χ1) is 8.69. The normalized spacial score (nSPS) is 20.0. The molecular weight excluding hydrogens is 230 g/mol. The number of hydrogen-bond donors (Lipinski definition) is 1. The maximum absolute atomic E-state index is 11.3. The lowest BCUT2D eigenvalue weighted by atomic mass is 10.0. The fourth-order valence-corrected chi connectivity index (χ4v) is 2.31. The first-order valence-corrected chi connectivity index (χ1v) is 6.23. The van der Waals surface area contributed by atoms with Crippen LogP contribution in [0, 0.1) is 0 Å². The third kappa shape index (κ3) is 3.31. The van der Waals surface area contributed by atoms with E-state index >= 15 is 0 Å². The van der Waals surface area contributed by atoms with Gasteiger partial charge in [-0.05, 0) is 17.5 Å². The molecule has 1 fully saturated rings. The number of ether oxygens (including phenoxy) is 1. The van der Waals surface area contributed by atoms with Gasteiger partial charge < -0.3 is 9.84 Å². The Hall–Kier alpha value is -1.39. The van der Waals surface area contributed by atoms with E-state index in [0.29, 0.717) is 13.0 Å². The van der Waals surface area contributed by atoms with E-state index in [1.165, 1.54) is 7.11 Å². The summed E-state index contributed by atoms with van der Waals surface area (Å²) < 4.78 is 4.70. The van der Waals surface area contributed by atoms with Gasteiger partial charge in [0.05, 0.1) is 19.6 Å². The van der Waals surface area contributed by atoms with Crippen molar-refractivity contribution in [1.82, 2.24) is 4.90 Å². The van der Waals surface area contributed by atoms with Crippen LogP contribution < -0.4 is 0 Å². The molecule has 1 atom stereocenters. The van der Waals surface area contributed by atoms with Crippen molar-refractivity contribution in [2.75, 3.05) is 20.2 Å². The Labute approximate surface area is 107 Å². The van der Waals surface area contributed by atoms with Gasteiger partial charge in [-0.1, -0.05) is 24.3 Å². The van der Waals surface area contributed by atoms with Crippen molar-refractivity contribution in [3.8, 4) is 0 Å². The fraction of sp³-hybridized carbons (Fsp3) is 0.500. The minimum Gasteiger partial charge on any atom is -0.469 e. The molecule has 0 amide bonds. The third-order valence-corrected chi connectivity index (χ3v) is 3.32. The van der Waals surface area contributed by atoms with Gasteiger partial charge in [-0.3, -0.25) is 9.69 Å². The molecule has 1 aliphatic heterocycles. The molecule has 4 heteroatoms. The van der Waals surface area contributed by atoms with Crippen molar-refractivity contribution < 1.29 is 14.6 Å². The molecule has 0 bridgehead atoms. The van der Waals surface area contributed by atoms with Crippen molar-refractivity contribution in [2.45, 2.75) is 25.5 Å². The molecule has 0 aliphatic carbocycles. The Morgan fingerprint density at radius 3 is 2.78 bits per heavy atom. The number of aliphatic hydroxyl groups excluding tert-OH is 1. The second-order valence-electron chi connectivity index (χ2n) is 4.70. The first-order valence-electron chi connectivity index (χ1n) is 6.23. The number of nitrogens with zero attached hydrogens (tertiary/aromatic N) is 1. The molecule has 1 aliphatic rings. The number of methoxy groups -OCH3 is 1. The average Bonchev–Trinajstić information content (AvgIpc) is 2.77. The van der Waals surface area contributed by atoms with Gasteiger partial charge >= 0.3 is 5.97 Å². The Morgan fingerprint density at radius 2 is 2.17 bits per heavy atom. The quantitative estimate of drug-likeness (QED) is 0.808. The Balaban J connectivity index is 2.05. The standard InChI is InChI=1S/C14H19NO3/c1-18-14(17)8-11-4-2-3-5-12(11)9-15-7-6-13(16)10-15/h2-5,13,16H,6-10H2,1H3/t13-/m1/s1. The number of carbonyl (C=O) groups excluding carboxylic acids is 1. The Kier molecular flexibility index (Phi) is 4.33. The maximum atomic E-state index is 11.3. The van der Waals surface area contributed by atoms with E-state index in [-0.39, 0.29) is 12.1 Å². The molecule has 18 heavy (non-hydrogen) atoms. The van der Waals surface area contributed by atoms with E-state index in [1.807, 2.05) is 24.3 Å². The summed E-state index contributed by atoms with van der Waals surface area (Å²) in [6.07, 6.45) is 0.931. The number of rotatable bonds is 4. The van der Waals surface area contributed by atoms with Crippen LogP contribution in [-0.4, -0.2) is 42.3 Å². The van der Waals surface area contributed by atoms with E-state index in [1.54, 1.807) is 0 Å². The van der Waals surface area contributed by atoms with Crippen LogP contribution in [0.5, 0.6) is 0 Å².